The molecule has 1 aromatic carbocycles. The third-order valence-corrected chi connectivity index (χ3v) is 5.94. The van der Waals surface area contributed by atoms with E-state index in [0.717, 1.165) is 6.26 Å². The molecule has 7 nitrogen and oxygen atoms in total. The molecule has 21 heavy (non-hydrogen) atoms. The molecular weight excluding hydrogens is 316 g/mol. The van der Waals surface area contributed by atoms with Crippen LogP contribution in [0.2, 0.25) is 0 Å². The summed E-state index contributed by atoms with van der Waals surface area (Å²) in [7, 11) is -6.56. The molecule has 2 rings (SSSR count). The van der Waals surface area contributed by atoms with Crippen molar-refractivity contribution in [2.24, 2.45) is 0 Å². The monoisotopic (exact) mass is 332 g/mol. The number of carbonyl (C=O) groups excluding carboxylic acids is 1. The number of nitrogens with zero attached hydrogens (tertiary/aromatic N) is 1. The molecule has 0 saturated carbocycles. The van der Waals surface area contributed by atoms with Crippen molar-refractivity contribution in [3.63, 3.8) is 0 Å². The van der Waals surface area contributed by atoms with Crippen molar-refractivity contribution in [3.05, 3.63) is 23.8 Å². The van der Waals surface area contributed by atoms with Crippen LogP contribution in [0, 0.1) is 0 Å². The number of nitrogens with two attached hydrogens (primary N) is 1. The molecule has 0 aromatic heterocycles. The smallest absolute Gasteiger partial charge is 0.254 e. The Bertz CT molecular complexity index is 770. The maximum Gasteiger partial charge on any atom is 0.254 e. The molecule has 0 unspecified atom stereocenters. The number of hydrogen-bond acceptors (Lipinski definition) is 6. The van der Waals surface area contributed by atoms with Crippen molar-refractivity contribution in [3.8, 4) is 0 Å². The van der Waals surface area contributed by atoms with E-state index in [4.69, 9.17) is 5.73 Å². The SMILES string of the molecule is CS(=O)(=O)c1cc(N)cc(C(=O)N2CCS(=O)(=O)CC2)c1. The summed E-state index contributed by atoms with van der Waals surface area (Å²) in [6.07, 6.45) is 1.03. The highest BCUT2D eigenvalue weighted by molar-refractivity contribution is 7.91. The molecule has 1 aliphatic rings. The summed E-state index contributed by atoms with van der Waals surface area (Å²) in [4.78, 5) is 13.7. The molecule has 0 atom stereocenters. The average Bonchev–Trinajstić information content (AvgIpc) is 2.36. The lowest BCUT2D eigenvalue weighted by atomic mass is 10.1. The summed E-state index contributed by atoms with van der Waals surface area (Å²) in [6.45, 7) is 0.203. The van der Waals surface area contributed by atoms with E-state index in [2.05, 4.69) is 0 Å². The van der Waals surface area contributed by atoms with Gasteiger partial charge >= 0.3 is 0 Å². The van der Waals surface area contributed by atoms with Crippen LogP contribution in [0.25, 0.3) is 0 Å². The fourth-order valence-electron chi connectivity index (χ4n) is 2.06. The Morgan fingerprint density at radius 1 is 1.19 bits per heavy atom. The van der Waals surface area contributed by atoms with E-state index in [1.165, 1.54) is 23.1 Å². The van der Waals surface area contributed by atoms with Crippen molar-refractivity contribution in [1.82, 2.24) is 4.90 Å². The quantitative estimate of drug-likeness (QED) is 0.733. The topological polar surface area (TPSA) is 115 Å². The van der Waals surface area contributed by atoms with Crippen LogP contribution in [-0.4, -0.2) is 58.5 Å². The van der Waals surface area contributed by atoms with Gasteiger partial charge in [-0.15, -0.1) is 0 Å². The molecule has 0 bridgehead atoms. The fourth-order valence-corrected chi connectivity index (χ4v) is 3.95. The van der Waals surface area contributed by atoms with Crippen LogP contribution in [0.3, 0.4) is 0 Å². The summed E-state index contributed by atoms with van der Waals surface area (Å²) in [5.74, 6) is -0.581. The van der Waals surface area contributed by atoms with E-state index in [0.29, 0.717) is 0 Å². The second-order valence-corrected chi connectivity index (χ2v) is 9.33. The molecule has 1 fully saturated rings. The summed E-state index contributed by atoms with van der Waals surface area (Å²) < 4.78 is 45.8. The van der Waals surface area contributed by atoms with Crippen molar-refractivity contribution < 1.29 is 21.6 Å². The number of carbonyl (C=O) groups is 1. The average molecular weight is 332 g/mol. The predicted molar refractivity (Wildman–Crippen MR) is 78.5 cm³/mol. The molecule has 1 amide bonds. The molecule has 1 saturated heterocycles. The maximum absolute atomic E-state index is 12.3. The molecule has 1 aromatic rings. The van der Waals surface area contributed by atoms with E-state index in [1.807, 2.05) is 0 Å². The van der Waals surface area contributed by atoms with Crippen LogP contribution in [0.5, 0.6) is 0 Å². The first-order valence-electron chi connectivity index (χ1n) is 6.19. The fraction of sp³-hybridized carbons (Fsp3) is 0.417. The Morgan fingerprint density at radius 3 is 2.29 bits per heavy atom. The minimum atomic E-state index is -3.48. The van der Waals surface area contributed by atoms with Crippen LogP contribution < -0.4 is 5.73 Å². The van der Waals surface area contributed by atoms with E-state index >= 15 is 0 Å². The molecule has 9 heteroatoms. The highest BCUT2D eigenvalue weighted by Crippen LogP contribution is 2.19. The second kappa shape index (κ2) is 5.30. The van der Waals surface area contributed by atoms with Crippen LogP contribution in [0.1, 0.15) is 10.4 Å². The van der Waals surface area contributed by atoms with Crippen molar-refractivity contribution in [2.45, 2.75) is 4.90 Å². The number of amides is 1. The Morgan fingerprint density at radius 2 is 1.76 bits per heavy atom. The maximum atomic E-state index is 12.3. The van der Waals surface area contributed by atoms with Gasteiger partial charge in [-0.2, -0.15) is 0 Å². The first-order chi connectivity index (χ1) is 9.58. The van der Waals surface area contributed by atoms with Crippen molar-refractivity contribution in [1.29, 1.82) is 0 Å². The summed E-state index contributed by atoms with van der Waals surface area (Å²) in [6, 6.07) is 3.93. The predicted octanol–water partition coefficient (Wildman–Crippen LogP) is -0.457. The highest BCUT2D eigenvalue weighted by Gasteiger charge is 2.26. The minimum absolute atomic E-state index is 0.0320. The summed E-state index contributed by atoms with van der Waals surface area (Å²) >= 11 is 0. The lowest BCUT2D eigenvalue weighted by Gasteiger charge is -2.27. The first kappa shape index (κ1) is 15.8. The standard InChI is InChI=1S/C12H16N2O5S2/c1-20(16,17)11-7-9(6-10(13)8-11)12(15)14-2-4-21(18,19)5-3-14/h6-8H,2-5,13H2,1H3. The highest BCUT2D eigenvalue weighted by atomic mass is 32.2. The van der Waals surface area contributed by atoms with Crippen LogP contribution in [-0.2, 0) is 19.7 Å². The van der Waals surface area contributed by atoms with E-state index < -0.39 is 25.6 Å². The van der Waals surface area contributed by atoms with E-state index in [-0.39, 0.29) is 40.7 Å². The van der Waals surface area contributed by atoms with E-state index in [1.54, 1.807) is 0 Å². The molecule has 1 heterocycles. The molecule has 0 spiro atoms. The van der Waals surface area contributed by atoms with Gasteiger partial charge in [0, 0.05) is 30.6 Å². The summed E-state index contributed by atoms with van der Waals surface area (Å²) in [5, 5.41) is 0. The normalized spacial score (nSPS) is 18.4. The largest absolute Gasteiger partial charge is 0.399 e. The number of rotatable bonds is 2. The number of nitrogen functional groups attached to an aromatic ring is 1. The molecule has 0 radical (unpaired) electrons. The third kappa shape index (κ3) is 3.73. The lowest BCUT2D eigenvalue weighted by molar-refractivity contribution is 0.0770. The van der Waals surface area contributed by atoms with Crippen molar-refractivity contribution in [2.75, 3.05) is 36.6 Å². The number of anilines is 1. The number of sulfone groups is 2. The second-order valence-electron chi connectivity index (χ2n) is 5.01. The van der Waals surface area contributed by atoms with Gasteiger partial charge in [-0.25, -0.2) is 16.8 Å². The van der Waals surface area contributed by atoms with Gasteiger partial charge in [0.1, 0.15) is 0 Å². The van der Waals surface area contributed by atoms with Gasteiger partial charge in [0.05, 0.1) is 16.4 Å². The minimum Gasteiger partial charge on any atom is -0.399 e. The zero-order valence-electron chi connectivity index (χ0n) is 11.4. The zero-order chi connectivity index (χ0) is 15.8. The van der Waals surface area contributed by atoms with E-state index in [9.17, 15) is 21.6 Å². The van der Waals surface area contributed by atoms with Crippen molar-refractivity contribution >= 4 is 31.3 Å². The number of hydrogen-bond donors (Lipinski definition) is 1. The molecule has 0 aliphatic carbocycles. The molecular formula is C12H16N2O5S2. The molecule has 116 valence electrons. The molecule has 2 N–H and O–H groups in total. The number of benzene rings is 1. The Balaban J connectivity index is 2.30. The van der Waals surface area contributed by atoms with Gasteiger partial charge in [-0.05, 0) is 18.2 Å². The van der Waals surface area contributed by atoms with Gasteiger partial charge in [0.25, 0.3) is 5.91 Å². The zero-order valence-corrected chi connectivity index (χ0v) is 13.1. The van der Waals surface area contributed by atoms with Crippen LogP contribution in [0.15, 0.2) is 23.1 Å². The van der Waals surface area contributed by atoms with Gasteiger partial charge in [-0.1, -0.05) is 0 Å². The molecule has 1 aliphatic heterocycles. The Hall–Kier alpha value is -1.61. The van der Waals surface area contributed by atoms with Gasteiger partial charge in [-0.3, -0.25) is 4.79 Å². The Kier molecular flexibility index (Phi) is 3.98. The third-order valence-electron chi connectivity index (χ3n) is 3.24. The van der Waals surface area contributed by atoms with Crippen LogP contribution in [0.4, 0.5) is 5.69 Å². The van der Waals surface area contributed by atoms with Gasteiger partial charge < -0.3 is 10.6 Å². The first-order valence-corrected chi connectivity index (χ1v) is 9.90. The Labute approximate surface area is 123 Å². The van der Waals surface area contributed by atoms with Gasteiger partial charge in [0.2, 0.25) is 0 Å². The van der Waals surface area contributed by atoms with Crippen LogP contribution >= 0.6 is 0 Å². The lowest BCUT2D eigenvalue weighted by Crippen LogP contribution is -2.43. The van der Waals surface area contributed by atoms with Gasteiger partial charge in [0.15, 0.2) is 19.7 Å². The summed E-state index contributed by atoms with van der Waals surface area (Å²) in [5.41, 5.74) is 5.96.